The van der Waals surface area contributed by atoms with Crippen molar-refractivity contribution in [2.45, 2.75) is 11.4 Å². The SMILES string of the molecule is CSc1ccccc1C(=O)N1CCN(Cc2nnnn2-c2ccc(F)c(F)c2)CC1. The number of piperazine rings is 1. The monoisotopic (exact) mass is 430 g/mol. The summed E-state index contributed by atoms with van der Waals surface area (Å²) >= 11 is 1.56. The highest BCUT2D eigenvalue weighted by Gasteiger charge is 2.25. The smallest absolute Gasteiger partial charge is 0.255 e. The lowest BCUT2D eigenvalue weighted by Crippen LogP contribution is -2.48. The maximum atomic E-state index is 13.6. The molecular weight excluding hydrogens is 410 g/mol. The van der Waals surface area contributed by atoms with Gasteiger partial charge in [0.2, 0.25) is 0 Å². The lowest BCUT2D eigenvalue weighted by molar-refractivity contribution is 0.0621. The summed E-state index contributed by atoms with van der Waals surface area (Å²) in [6.45, 7) is 2.95. The Bertz CT molecular complexity index is 1050. The first-order valence-corrected chi connectivity index (χ1v) is 10.7. The molecule has 0 unspecified atom stereocenters. The second kappa shape index (κ2) is 8.88. The highest BCUT2D eigenvalue weighted by Crippen LogP contribution is 2.22. The maximum absolute atomic E-state index is 13.6. The summed E-state index contributed by atoms with van der Waals surface area (Å²) in [4.78, 5) is 17.8. The van der Waals surface area contributed by atoms with Gasteiger partial charge in [0.25, 0.3) is 5.91 Å². The van der Waals surface area contributed by atoms with Crippen LogP contribution in [0.25, 0.3) is 5.69 Å². The van der Waals surface area contributed by atoms with Gasteiger partial charge in [0, 0.05) is 37.1 Å². The molecule has 10 heteroatoms. The zero-order valence-electron chi connectivity index (χ0n) is 16.3. The number of rotatable bonds is 5. The van der Waals surface area contributed by atoms with Crippen LogP contribution in [0.4, 0.5) is 8.78 Å². The Labute approximate surface area is 176 Å². The van der Waals surface area contributed by atoms with Crippen LogP contribution in [0.2, 0.25) is 0 Å². The molecule has 156 valence electrons. The summed E-state index contributed by atoms with van der Waals surface area (Å²) in [6.07, 6.45) is 1.96. The molecule has 2 heterocycles. The van der Waals surface area contributed by atoms with Gasteiger partial charge >= 0.3 is 0 Å². The van der Waals surface area contributed by atoms with Gasteiger partial charge in [0.1, 0.15) is 0 Å². The largest absolute Gasteiger partial charge is 0.336 e. The van der Waals surface area contributed by atoms with Crippen LogP contribution in [0.1, 0.15) is 16.2 Å². The van der Waals surface area contributed by atoms with Crippen molar-refractivity contribution >= 4 is 17.7 Å². The predicted octanol–water partition coefficient (Wildman–Crippen LogP) is 2.62. The first-order valence-electron chi connectivity index (χ1n) is 9.44. The fraction of sp³-hybridized carbons (Fsp3) is 0.300. The molecule has 0 bridgehead atoms. The molecule has 7 nitrogen and oxygen atoms in total. The molecule has 0 radical (unpaired) electrons. The average molecular weight is 430 g/mol. The zero-order chi connectivity index (χ0) is 21.1. The van der Waals surface area contributed by atoms with Crippen molar-refractivity contribution in [2.24, 2.45) is 0 Å². The second-order valence-electron chi connectivity index (χ2n) is 6.87. The fourth-order valence-corrected chi connectivity index (χ4v) is 4.01. The highest BCUT2D eigenvalue weighted by molar-refractivity contribution is 7.98. The third-order valence-corrected chi connectivity index (χ3v) is 5.84. The Morgan fingerprint density at radius 1 is 1.07 bits per heavy atom. The molecule has 4 rings (SSSR count). The van der Waals surface area contributed by atoms with E-state index in [4.69, 9.17) is 0 Å². The molecule has 0 saturated carbocycles. The summed E-state index contributed by atoms with van der Waals surface area (Å²) in [6, 6.07) is 11.2. The van der Waals surface area contributed by atoms with E-state index in [1.165, 1.54) is 10.7 Å². The predicted molar refractivity (Wildman–Crippen MR) is 108 cm³/mol. The van der Waals surface area contributed by atoms with E-state index < -0.39 is 11.6 Å². The van der Waals surface area contributed by atoms with Gasteiger partial charge in [0.15, 0.2) is 17.5 Å². The number of thioether (sulfide) groups is 1. The van der Waals surface area contributed by atoms with E-state index >= 15 is 0 Å². The topological polar surface area (TPSA) is 67.2 Å². The standard InChI is InChI=1S/C20H20F2N6OS/c1-30-18-5-3-2-4-15(18)20(29)27-10-8-26(9-11-27)13-19-23-24-25-28(19)14-6-7-16(21)17(22)12-14/h2-7,12H,8-11,13H2,1H3. The quantitative estimate of drug-likeness (QED) is 0.580. The number of hydrogen-bond acceptors (Lipinski definition) is 6. The fourth-order valence-electron chi connectivity index (χ4n) is 3.42. The van der Waals surface area contributed by atoms with Crippen LogP contribution < -0.4 is 0 Å². The number of benzene rings is 2. The highest BCUT2D eigenvalue weighted by atomic mass is 32.2. The van der Waals surface area contributed by atoms with Crippen molar-refractivity contribution in [1.82, 2.24) is 30.0 Å². The van der Waals surface area contributed by atoms with E-state index in [1.807, 2.05) is 35.4 Å². The number of aromatic nitrogens is 4. The van der Waals surface area contributed by atoms with Crippen LogP contribution in [0.3, 0.4) is 0 Å². The maximum Gasteiger partial charge on any atom is 0.255 e. The minimum atomic E-state index is -0.952. The van der Waals surface area contributed by atoms with E-state index in [2.05, 4.69) is 20.4 Å². The summed E-state index contributed by atoms with van der Waals surface area (Å²) < 4.78 is 28.2. The van der Waals surface area contributed by atoms with Gasteiger partial charge in [-0.15, -0.1) is 16.9 Å². The second-order valence-corrected chi connectivity index (χ2v) is 7.72. The average Bonchev–Trinajstić information content (AvgIpc) is 3.23. The molecule has 1 aromatic heterocycles. The number of halogens is 2. The Morgan fingerprint density at radius 3 is 2.57 bits per heavy atom. The van der Waals surface area contributed by atoms with Gasteiger partial charge in [-0.05, 0) is 40.9 Å². The van der Waals surface area contributed by atoms with Crippen LogP contribution in [-0.2, 0) is 6.54 Å². The van der Waals surface area contributed by atoms with Crippen LogP contribution in [0, 0.1) is 11.6 Å². The van der Waals surface area contributed by atoms with Crippen LogP contribution in [-0.4, -0.2) is 68.3 Å². The Morgan fingerprint density at radius 2 is 1.83 bits per heavy atom. The van der Waals surface area contributed by atoms with Crippen molar-refractivity contribution in [1.29, 1.82) is 0 Å². The van der Waals surface area contributed by atoms with Gasteiger partial charge in [-0.2, -0.15) is 4.68 Å². The molecule has 3 aromatic rings. The van der Waals surface area contributed by atoms with Crippen molar-refractivity contribution < 1.29 is 13.6 Å². The Hall–Kier alpha value is -2.85. The van der Waals surface area contributed by atoms with Crippen molar-refractivity contribution in [2.75, 3.05) is 32.4 Å². The van der Waals surface area contributed by atoms with Crippen molar-refractivity contribution in [3.05, 3.63) is 65.5 Å². The number of nitrogens with zero attached hydrogens (tertiary/aromatic N) is 6. The number of carbonyl (C=O) groups excluding carboxylic acids is 1. The van der Waals surface area contributed by atoms with Gasteiger partial charge in [0.05, 0.1) is 17.8 Å². The van der Waals surface area contributed by atoms with E-state index in [1.54, 1.807) is 11.8 Å². The number of amides is 1. The van der Waals surface area contributed by atoms with Crippen LogP contribution in [0.5, 0.6) is 0 Å². The third-order valence-electron chi connectivity index (χ3n) is 5.04. The molecule has 0 atom stereocenters. The minimum absolute atomic E-state index is 0.0335. The third kappa shape index (κ3) is 4.19. The molecule has 2 aromatic carbocycles. The van der Waals surface area contributed by atoms with E-state index in [-0.39, 0.29) is 5.91 Å². The molecule has 0 N–H and O–H groups in total. The van der Waals surface area contributed by atoms with Crippen LogP contribution in [0.15, 0.2) is 47.4 Å². The lowest BCUT2D eigenvalue weighted by Gasteiger charge is -2.34. The van der Waals surface area contributed by atoms with Crippen LogP contribution >= 0.6 is 11.8 Å². The molecule has 1 fully saturated rings. The normalized spacial score (nSPS) is 14.8. The van der Waals surface area contributed by atoms with Gasteiger partial charge in [-0.1, -0.05) is 12.1 Å². The molecule has 30 heavy (non-hydrogen) atoms. The van der Waals surface area contributed by atoms with Gasteiger partial charge in [-0.25, -0.2) is 8.78 Å². The number of tetrazole rings is 1. The molecule has 1 aliphatic heterocycles. The van der Waals surface area contributed by atoms with Gasteiger partial charge in [-0.3, -0.25) is 9.69 Å². The summed E-state index contributed by atoms with van der Waals surface area (Å²) in [5.41, 5.74) is 1.08. The summed E-state index contributed by atoms with van der Waals surface area (Å²) in [7, 11) is 0. The van der Waals surface area contributed by atoms with Crippen molar-refractivity contribution in [3.63, 3.8) is 0 Å². The molecule has 1 aliphatic rings. The Kier molecular flexibility index (Phi) is 6.05. The molecule has 1 amide bonds. The zero-order valence-corrected chi connectivity index (χ0v) is 17.1. The summed E-state index contributed by atoms with van der Waals surface area (Å²) in [5, 5.41) is 11.6. The molecule has 1 saturated heterocycles. The molecule has 0 spiro atoms. The number of carbonyl (C=O) groups is 1. The Balaban J connectivity index is 1.41. The number of hydrogen-bond donors (Lipinski definition) is 0. The summed E-state index contributed by atoms with van der Waals surface area (Å²) in [5.74, 6) is -1.32. The molecule has 0 aliphatic carbocycles. The minimum Gasteiger partial charge on any atom is -0.336 e. The van der Waals surface area contributed by atoms with Gasteiger partial charge < -0.3 is 4.90 Å². The lowest BCUT2D eigenvalue weighted by atomic mass is 10.2. The van der Waals surface area contributed by atoms with E-state index in [9.17, 15) is 13.6 Å². The molecular formula is C20H20F2N6OS. The van der Waals surface area contributed by atoms with E-state index in [0.29, 0.717) is 44.2 Å². The van der Waals surface area contributed by atoms with Crippen molar-refractivity contribution in [3.8, 4) is 5.69 Å². The first kappa shape index (κ1) is 20.4. The first-order chi connectivity index (χ1) is 14.6. The van der Waals surface area contributed by atoms with E-state index in [0.717, 1.165) is 22.6 Å².